The Morgan fingerprint density at radius 1 is 1.27 bits per heavy atom. The Balaban J connectivity index is 3.31. The van der Waals surface area contributed by atoms with Crippen molar-refractivity contribution in [2.75, 3.05) is 0 Å². The predicted octanol–water partition coefficient (Wildman–Crippen LogP) is 2.73. The first kappa shape index (κ1) is 8.74. The molecule has 11 heavy (non-hydrogen) atoms. The number of phenolic OH excluding ortho intramolecular Hbond substituents is 1. The third kappa shape index (κ3) is 1.81. The maximum Gasteiger partial charge on any atom is 0.151 e. The number of aromatic hydroxyl groups is 1. The number of hydrogen-bond donors (Lipinski definition) is 1. The van der Waals surface area contributed by atoms with Crippen LogP contribution in [0.25, 0.3) is 0 Å². The van der Waals surface area contributed by atoms with Gasteiger partial charge >= 0.3 is 0 Å². The first-order valence-electron chi connectivity index (χ1n) is 2.78. The van der Waals surface area contributed by atoms with Gasteiger partial charge in [0.05, 0.1) is 4.47 Å². The molecule has 0 aliphatic carbocycles. The Labute approximate surface area is 80.5 Å². The number of hydrogen-bond acceptors (Lipinski definition) is 2. The van der Waals surface area contributed by atoms with E-state index < -0.39 is 0 Å². The highest BCUT2D eigenvalue weighted by atomic mass is 79.9. The van der Waals surface area contributed by atoms with Gasteiger partial charge in [0.15, 0.2) is 6.29 Å². The summed E-state index contributed by atoms with van der Waals surface area (Å²) in [5.41, 5.74) is 0.436. The van der Waals surface area contributed by atoms with Crippen molar-refractivity contribution < 1.29 is 9.90 Å². The average molecular weight is 280 g/mol. The van der Waals surface area contributed by atoms with Gasteiger partial charge in [0.25, 0.3) is 0 Å². The Morgan fingerprint density at radius 2 is 1.91 bits per heavy atom. The first-order valence-corrected chi connectivity index (χ1v) is 4.37. The summed E-state index contributed by atoms with van der Waals surface area (Å²) < 4.78 is 1.23. The third-order valence-corrected chi connectivity index (χ3v) is 2.52. The summed E-state index contributed by atoms with van der Waals surface area (Å²) in [4.78, 5) is 10.3. The fourth-order valence-corrected chi connectivity index (χ4v) is 1.73. The zero-order valence-corrected chi connectivity index (χ0v) is 8.52. The summed E-state index contributed by atoms with van der Waals surface area (Å²) in [6, 6.07) is 3.01. The van der Waals surface area contributed by atoms with Crippen LogP contribution in [-0.4, -0.2) is 11.4 Å². The van der Waals surface area contributed by atoms with Crippen LogP contribution in [0.3, 0.4) is 0 Å². The number of carbonyl (C=O) groups excluding carboxylic acids is 1. The van der Waals surface area contributed by atoms with Crippen LogP contribution in [-0.2, 0) is 0 Å². The van der Waals surface area contributed by atoms with Crippen molar-refractivity contribution in [3.05, 3.63) is 26.6 Å². The predicted molar refractivity (Wildman–Crippen MR) is 48.9 cm³/mol. The topological polar surface area (TPSA) is 37.3 Å². The summed E-state index contributed by atoms with van der Waals surface area (Å²) >= 11 is 6.28. The lowest BCUT2D eigenvalue weighted by Gasteiger charge is -1.99. The van der Waals surface area contributed by atoms with E-state index in [1.807, 2.05) is 0 Å². The summed E-state index contributed by atoms with van der Waals surface area (Å²) in [5.74, 6) is 0.0651. The smallest absolute Gasteiger partial charge is 0.151 e. The van der Waals surface area contributed by atoms with Gasteiger partial charge in [-0.15, -0.1) is 0 Å². The lowest BCUT2D eigenvalue weighted by Crippen LogP contribution is -1.81. The Bertz CT molecular complexity index is 297. The second kappa shape index (κ2) is 3.36. The SMILES string of the molecule is O=Cc1cc(O)c(Br)cc1Br. The van der Waals surface area contributed by atoms with E-state index in [2.05, 4.69) is 31.9 Å². The molecule has 0 unspecified atom stereocenters. The molecule has 0 amide bonds. The van der Waals surface area contributed by atoms with Gasteiger partial charge in [0.2, 0.25) is 0 Å². The number of halogens is 2. The van der Waals surface area contributed by atoms with Gasteiger partial charge < -0.3 is 5.11 Å². The summed E-state index contributed by atoms with van der Waals surface area (Å²) in [5, 5.41) is 9.13. The molecule has 0 saturated carbocycles. The van der Waals surface area contributed by atoms with Crippen LogP contribution in [0, 0.1) is 0 Å². The molecule has 0 saturated heterocycles. The molecule has 0 bridgehead atoms. The molecular formula is C7H4Br2O2. The molecule has 0 aromatic heterocycles. The minimum absolute atomic E-state index is 0.0651. The quantitative estimate of drug-likeness (QED) is 0.803. The van der Waals surface area contributed by atoms with Crippen LogP contribution < -0.4 is 0 Å². The van der Waals surface area contributed by atoms with Gasteiger partial charge in [-0.1, -0.05) is 15.9 Å². The maximum absolute atomic E-state index is 10.3. The summed E-state index contributed by atoms with van der Waals surface area (Å²) in [6.07, 6.45) is 0.677. The molecule has 0 heterocycles. The Hall–Kier alpha value is -0.350. The molecule has 1 N–H and O–H groups in total. The van der Waals surface area contributed by atoms with Crippen LogP contribution in [0.5, 0.6) is 5.75 Å². The summed E-state index contributed by atoms with van der Waals surface area (Å²) in [7, 11) is 0. The zero-order valence-electron chi connectivity index (χ0n) is 5.34. The number of aldehydes is 1. The van der Waals surface area contributed by atoms with E-state index in [1.54, 1.807) is 6.07 Å². The van der Waals surface area contributed by atoms with Crippen molar-refractivity contribution in [3.8, 4) is 5.75 Å². The number of carbonyl (C=O) groups is 1. The average Bonchev–Trinajstić information content (AvgIpc) is 1.97. The minimum atomic E-state index is 0.0651. The second-order valence-electron chi connectivity index (χ2n) is 1.94. The van der Waals surface area contributed by atoms with Crippen molar-refractivity contribution in [2.45, 2.75) is 0 Å². The van der Waals surface area contributed by atoms with Crippen LogP contribution in [0.4, 0.5) is 0 Å². The number of rotatable bonds is 1. The van der Waals surface area contributed by atoms with E-state index in [-0.39, 0.29) is 5.75 Å². The monoisotopic (exact) mass is 278 g/mol. The molecule has 1 aromatic carbocycles. The van der Waals surface area contributed by atoms with Crippen molar-refractivity contribution in [3.63, 3.8) is 0 Å². The van der Waals surface area contributed by atoms with E-state index in [1.165, 1.54) is 6.07 Å². The molecule has 0 fully saturated rings. The number of phenols is 1. The maximum atomic E-state index is 10.3. The second-order valence-corrected chi connectivity index (χ2v) is 3.65. The largest absolute Gasteiger partial charge is 0.507 e. The summed E-state index contributed by atoms with van der Waals surface area (Å²) in [6.45, 7) is 0. The highest BCUT2D eigenvalue weighted by molar-refractivity contribution is 9.11. The molecule has 1 aromatic rings. The third-order valence-electron chi connectivity index (χ3n) is 1.19. The van der Waals surface area contributed by atoms with Crippen molar-refractivity contribution in [1.29, 1.82) is 0 Å². The van der Waals surface area contributed by atoms with E-state index in [0.717, 1.165) is 0 Å². The highest BCUT2D eigenvalue weighted by Gasteiger charge is 2.03. The standard InChI is InChI=1S/C7H4Br2O2/c8-5-2-6(9)7(11)1-4(5)3-10/h1-3,11H. The van der Waals surface area contributed by atoms with Gasteiger partial charge in [-0.2, -0.15) is 0 Å². The van der Waals surface area contributed by atoms with Crippen molar-refractivity contribution >= 4 is 38.1 Å². The normalized spacial score (nSPS) is 9.64. The van der Waals surface area contributed by atoms with Gasteiger partial charge in [-0.3, -0.25) is 4.79 Å². The van der Waals surface area contributed by atoms with Gasteiger partial charge in [0, 0.05) is 10.0 Å². The van der Waals surface area contributed by atoms with Crippen molar-refractivity contribution in [2.24, 2.45) is 0 Å². The van der Waals surface area contributed by atoms with Crippen molar-refractivity contribution in [1.82, 2.24) is 0 Å². The molecule has 0 atom stereocenters. The molecule has 0 radical (unpaired) electrons. The fourth-order valence-electron chi connectivity index (χ4n) is 0.644. The van der Waals surface area contributed by atoms with E-state index in [4.69, 9.17) is 5.11 Å². The Morgan fingerprint density at radius 3 is 2.45 bits per heavy atom. The van der Waals surface area contributed by atoms with Gasteiger partial charge in [-0.05, 0) is 28.1 Å². The van der Waals surface area contributed by atoms with Crippen LogP contribution in [0.15, 0.2) is 21.1 Å². The van der Waals surface area contributed by atoms with E-state index >= 15 is 0 Å². The molecular weight excluding hydrogens is 276 g/mol. The van der Waals surface area contributed by atoms with Gasteiger partial charge in [0.1, 0.15) is 5.75 Å². The lowest BCUT2D eigenvalue weighted by molar-refractivity contribution is 0.112. The Kier molecular flexibility index (Phi) is 2.67. The lowest BCUT2D eigenvalue weighted by atomic mass is 10.2. The molecule has 2 nitrogen and oxygen atoms in total. The molecule has 4 heteroatoms. The van der Waals surface area contributed by atoms with E-state index in [0.29, 0.717) is 20.8 Å². The van der Waals surface area contributed by atoms with E-state index in [9.17, 15) is 4.79 Å². The zero-order chi connectivity index (χ0) is 8.43. The number of benzene rings is 1. The first-order chi connectivity index (χ1) is 5.15. The molecule has 58 valence electrons. The highest BCUT2D eigenvalue weighted by Crippen LogP contribution is 2.29. The fraction of sp³-hybridized carbons (Fsp3) is 0. The molecule has 0 spiro atoms. The molecule has 0 aliphatic rings. The van der Waals surface area contributed by atoms with Crippen LogP contribution >= 0.6 is 31.9 Å². The van der Waals surface area contributed by atoms with Gasteiger partial charge in [-0.25, -0.2) is 0 Å². The van der Waals surface area contributed by atoms with Crippen LogP contribution in [0.2, 0.25) is 0 Å². The molecule has 0 aliphatic heterocycles. The molecule has 1 rings (SSSR count). The minimum Gasteiger partial charge on any atom is -0.507 e. The van der Waals surface area contributed by atoms with Crippen LogP contribution in [0.1, 0.15) is 10.4 Å².